The summed E-state index contributed by atoms with van der Waals surface area (Å²) < 4.78 is 46.7. The van der Waals surface area contributed by atoms with Crippen molar-refractivity contribution in [1.29, 1.82) is 0 Å². The number of methoxy groups -OCH3 is 2. The molecule has 0 saturated carbocycles. The molecular formula is C48H59N6O11P. The van der Waals surface area contributed by atoms with Crippen LogP contribution in [-0.2, 0) is 34.9 Å². The second-order valence-corrected chi connectivity index (χ2v) is 19.4. The van der Waals surface area contributed by atoms with Crippen LogP contribution in [0.4, 0.5) is 5.69 Å². The maximum absolute atomic E-state index is 15.0. The van der Waals surface area contributed by atoms with E-state index < -0.39 is 43.6 Å². The lowest BCUT2D eigenvalue weighted by molar-refractivity contribution is -0.731. The monoisotopic (exact) mass is 926 g/mol. The second-order valence-electron chi connectivity index (χ2n) is 17.4. The zero-order chi connectivity index (χ0) is 45.9. The van der Waals surface area contributed by atoms with Crippen LogP contribution in [0.3, 0.4) is 0 Å². The van der Waals surface area contributed by atoms with Crippen molar-refractivity contribution < 1.29 is 52.9 Å². The summed E-state index contributed by atoms with van der Waals surface area (Å²) in [6, 6.07) is 25.4. The van der Waals surface area contributed by atoms with Crippen LogP contribution in [0.2, 0.25) is 0 Å². The molecule has 5 aliphatic heterocycles. The number of aliphatic hydroxyl groups is 2. The van der Waals surface area contributed by atoms with E-state index in [9.17, 15) is 24.6 Å². The lowest BCUT2D eigenvalue weighted by Crippen LogP contribution is -2.47. The summed E-state index contributed by atoms with van der Waals surface area (Å²) in [5.74, 6) is -0.522. The summed E-state index contributed by atoms with van der Waals surface area (Å²) >= 11 is 0. The third kappa shape index (κ3) is 8.86. The average Bonchev–Trinajstić information content (AvgIpc) is 3.74. The summed E-state index contributed by atoms with van der Waals surface area (Å²) in [4.78, 5) is 35.0. The van der Waals surface area contributed by atoms with Gasteiger partial charge in [-0.05, 0) is 92.3 Å². The van der Waals surface area contributed by atoms with Gasteiger partial charge in [0.2, 0.25) is 13.4 Å². The molecule has 3 saturated heterocycles. The van der Waals surface area contributed by atoms with Gasteiger partial charge in [0, 0.05) is 51.3 Å². The topological polar surface area (TPSA) is 192 Å². The van der Waals surface area contributed by atoms with Crippen molar-refractivity contribution >= 4 is 13.3 Å². The van der Waals surface area contributed by atoms with Crippen molar-refractivity contribution in [3.05, 3.63) is 142 Å². The zero-order valence-corrected chi connectivity index (χ0v) is 38.3. The number of fused-ring (bicyclic) bond motifs is 2. The number of ether oxygens (including phenoxy) is 4. The Morgan fingerprint density at radius 1 is 0.773 bits per heavy atom. The van der Waals surface area contributed by atoms with Gasteiger partial charge in [-0.15, -0.1) is 0 Å². The molecule has 0 spiro atoms. The molecule has 6 heterocycles. The lowest BCUT2D eigenvalue weighted by atomic mass is 9.80. The molecule has 4 atom stereocenters. The molecular weight excluding hydrogens is 868 g/mol. The molecule has 0 radical (unpaired) electrons. The molecule has 2 unspecified atom stereocenters. The number of hydrogen-bond donors (Lipinski definition) is 4. The van der Waals surface area contributed by atoms with Gasteiger partial charge in [-0.1, -0.05) is 54.6 Å². The van der Waals surface area contributed by atoms with Gasteiger partial charge in [-0.3, -0.25) is 9.13 Å². The summed E-state index contributed by atoms with van der Waals surface area (Å²) in [6.07, 6.45) is 7.38. The van der Waals surface area contributed by atoms with Gasteiger partial charge in [-0.25, -0.2) is 10.9 Å². The van der Waals surface area contributed by atoms with E-state index in [-0.39, 0.29) is 11.4 Å². The first-order valence-corrected chi connectivity index (χ1v) is 24.4. The number of hydrogen-bond acceptors (Lipinski definition) is 15. The van der Waals surface area contributed by atoms with Gasteiger partial charge >= 0.3 is 5.69 Å². The van der Waals surface area contributed by atoms with Crippen LogP contribution in [0.5, 0.6) is 11.5 Å². The van der Waals surface area contributed by atoms with Crippen molar-refractivity contribution in [3.63, 3.8) is 0 Å². The number of nitrogens with one attached hydrogen (secondary N) is 2. The van der Waals surface area contributed by atoms with E-state index in [1.54, 1.807) is 38.5 Å². The minimum Gasteiger partial charge on any atom is -0.767 e. The number of benzene rings is 3. The van der Waals surface area contributed by atoms with Gasteiger partial charge in [0.25, 0.3) is 10.8 Å². The van der Waals surface area contributed by atoms with Crippen LogP contribution < -0.4 is 25.2 Å². The Morgan fingerprint density at radius 3 is 1.92 bits per heavy atom. The third-order valence-corrected chi connectivity index (χ3v) is 15.2. The van der Waals surface area contributed by atoms with Gasteiger partial charge in [0.15, 0.2) is 5.34 Å². The predicted molar refractivity (Wildman–Crippen MR) is 240 cm³/mol. The Bertz CT molecular complexity index is 2420. The van der Waals surface area contributed by atoms with E-state index in [1.165, 1.54) is 18.5 Å². The summed E-state index contributed by atoms with van der Waals surface area (Å²) in [7, 11) is -2.32. The van der Waals surface area contributed by atoms with E-state index in [0.717, 1.165) is 68.4 Å². The van der Waals surface area contributed by atoms with E-state index in [2.05, 4.69) is 15.9 Å². The fraction of sp³-hybridized carbons (Fsp3) is 0.458. The first-order chi connectivity index (χ1) is 32.0. The first kappa shape index (κ1) is 45.9. The highest BCUT2D eigenvalue weighted by Crippen LogP contribution is 2.63. The second kappa shape index (κ2) is 19.2. The van der Waals surface area contributed by atoms with E-state index >= 15 is 0 Å². The molecule has 66 heavy (non-hydrogen) atoms. The molecule has 0 aliphatic carbocycles. The largest absolute Gasteiger partial charge is 0.767 e. The highest BCUT2D eigenvalue weighted by Gasteiger charge is 2.63. The SMILES string of the molecule is COc1ccc(C(OC[C@H]2OC(O)(n3ccc([N+](=O)OC4=C5CCCCNN5CCC4)c3)C[C@@]2(O)P(=O)([O-])OC2=C3CCCCNN3CCC2)(c2ccccc2)c2ccc(OC)cc2)cc1. The highest BCUT2D eigenvalue weighted by atomic mass is 31.2. The van der Waals surface area contributed by atoms with Crippen molar-refractivity contribution in [2.75, 3.05) is 47.0 Å². The third-order valence-electron chi connectivity index (χ3n) is 13.3. The number of allylic oxidation sites excluding steroid dienone is 4. The normalized spacial score (nSPS) is 24.7. The fourth-order valence-corrected chi connectivity index (χ4v) is 11.3. The molecule has 4 aromatic rings. The number of rotatable bonds is 15. The average molecular weight is 927 g/mol. The van der Waals surface area contributed by atoms with Gasteiger partial charge < -0.3 is 48.6 Å². The van der Waals surface area contributed by atoms with Crippen LogP contribution >= 0.6 is 7.60 Å². The van der Waals surface area contributed by atoms with Gasteiger partial charge in [-0.2, -0.15) is 4.84 Å². The van der Waals surface area contributed by atoms with E-state index in [1.807, 2.05) is 59.6 Å². The van der Waals surface area contributed by atoms with Crippen molar-refractivity contribution in [1.82, 2.24) is 25.4 Å². The Labute approximate surface area is 384 Å². The maximum atomic E-state index is 15.0. The van der Waals surface area contributed by atoms with Crippen LogP contribution in [0.15, 0.2) is 120 Å². The first-order valence-electron chi connectivity index (χ1n) is 22.9. The summed E-state index contributed by atoms with van der Waals surface area (Å²) in [6.45, 7) is 2.48. The Morgan fingerprint density at radius 2 is 1.33 bits per heavy atom. The number of nitrogens with zero attached hydrogens (tertiary/aromatic N) is 4. The predicted octanol–water partition coefficient (Wildman–Crippen LogP) is 6.50. The molecule has 1 aromatic heterocycles. The van der Waals surface area contributed by atoms with E-state index in [0.29, 0.717) is 76.8 Å². The minimum atomic E-state index is -5.46. The summed E-state index contributed by atoms with van der Waals surface area (Å²) in [5, 5.41) is 26.5. The van der Waals surface area contributed by atoms with Crippen molar-refractivity contribution in [2.45, 2.75) is 93.6 Å². The Kier molecular flexibility index (Phi) is 13.3. The molecule has 9 rings (SSSR count). The van der Waals surface area contributed by atoms with Gasteiger partial charge in [0.05, 0.1) is 49.7 Å². The maximum Gasteiger partial charge on any atom is 0.334 e. The lowest BCUT2D eigenvalue weighted by Gasteiger charge is -2.43. The molecule has 5 aliphatic rings. The smallest absolute Gasteiger partial charge is 0.334 e. The molecule has 3 fully saturated rings. The zero-order valence-electron chi connectivity index (χ0n) is 37.4. The van der Waals surface area contributed by atoms with Crippen LogP contribution in [0.25, 0.3) is 0 Å². The molecule has 0 amide bonds. The molecule has 0 bridgehead atoms. The van der Waals surface area contributed by atoms with E-state index in [4.69, 9.17) is 28.3 Å². The molecule has 17 nitrogen and oxygen atoms in total. The number of hydrazine groups is 2. The molecule has 352 valence electrons. The standard InChI is InChI=1S/C48H59N6O11P/c1-60-39-22-18-36(19-23-39)48(35-12-4-3-5-13-35,37-20-24-40(61-2)25-21-37)62-33-45-46(55,66(58,59)65-44-17-11-30-53-42(44)15-7-9-28-50-53)34-47(56,63-45)51-31-26-38(32-51)54(57)64-43-16-10-29-52-41(43)14-6-8-27-49-52/h3-5,12-13,18-26,31-32,45,49-50,55-56H,6-11,14-17,27-30,33-34H2,1-2H3/t45-,46-,47?/m1/s1. The van der Waals surface area contributed by atoms with Gasteiger partial charge in [0.1, 0.15) is 29.0 Å². The van der Waals surface area contributed by atoms with Crippen LogP contribution in [0.1, 0.15) is 87.3 Å². The quantitative estimate of drug-likeness (QED) is 0.0574. The fourth-order valence-electron chi connectivity index (χ4n) is 9.78. The Balaban J connectivity index is 1.09. The van der Waals surface area contributed by atoms with Crippen molar-refractivity contribution in [2.24, 2.45) is 0 Å². The Hall–Kier alpha value is -5.23. The molecule has 4 N–H and O–H groups in total. The molecule has 3 aromatic carbocycles. The molecule has 18 heteroatoms. The minimum absolute atomic E-state index is 0.0147. The number of aromatic nitrogens is 1. The summed E-state index contributed by atoms with van der Waals surface area (Å²) in [5.41, 5.74) is 8.96. The van der Waals surface area contributed by atoms with Crippen molar-refractivity contribution in [3.8, 4) is 11.5 Å². The van der Waals surface area contributed by atoms with Crippen LogP contribution in [-0.4, -0.2) is 88.2 Å². The highest BCUT2D eigenvalue weighted by molar-refractivity contribution is 7.53. The van der Waals surface area contributed by atoms with Crippen LogP contribution in [0, 0.1) is 4.91 Å².